The molecule has 1 aliphatic carbocycles. The second kappa shape index (κ2) is 10.7. The van der Waals surface area contributed by atoms with Crippen LogP contribution in [0.2, 0.25) is 0 Å². The molecule has 0 radical (unpaired) electrons. The van der Waals surface area contributed by atoms with Gasteiger partial charge < -0.3 is 20.1 Å². The lowest BCUT2D eigenvalue weighted by atomic mass is 9.75. The molecule has 3 aromatic carbocycles. The summed E-state index contributed by atoms with van der Waals surface area (Å²) in [6.45, 7) is 8.67. The molecule has 37 heavy (non-hydrogen) atoms. The van der Waals surface area contributed by atoms with Crippen LogP contribution in [0.15, 0.2) is 66.7 Å². The van der Waals surface area contributed by atoms with Crippen molar-refractivity contribution in [1.29, 1.82) is 0 Å². The number of hydrogen-bond acceptors (Lipinski definition) is 4. The van der Waals surface area contributed by atoms with Gasteiger partial charge in [-0.05, 0) is 89.6 Å². The van der Waals surface area contributed by atoms with Crippen LogP contribution in [-0.4, -0.2) is 21.3 Å². The largest absolute Gasteiger partial charge is 0.489 e. The van der Waals surface area contributed by atoms with Crippen molar-refractivity contribution in [3.05, 3.63) is 89.0 Å². The van der Waals surface area contributed by atoms with Gasteiger partial charge in [0.25, 0.3) is 0 Å². The molecule has 1 saturated carbocycles. The quantitative estimate of drug-likeness (QED) is 0.294. The fourth-order valence-corrected chi connectivity index (χ4v) is 5.49. The van der Waals surface area contributed by atoms with Gasteiger partial charge in [0, 0.05) is 0 Å². The Morgan fingerprint density at radius 1 is 1.08 bits per heavy atom. The van der Waals surface area contributed by atoms with Crippen LogP contribution < -0.4 is 4.74 Å². The highest BCUT2D eigenvalue weighted by atomic mass is 16.5. The van der Waals surface area contributed by atoms with E-state index in [-0.39, 0.29) is 11.8 Å². The van der Waals surface area contributed by atoms with Crippen molar-refractivity contribution in [1.82, 2.24) is 0 Å². The van der Waals surface area contributed by atoms with Gasteiger partial charge in [0.05, 0.1) is 18.1 Å². The number of hydrogen-bond donors (Lipinski definition) is 3. The molecule has 0 spiro atoms. The number of carbonyl (C=O) groups is 1. The number of carboxylic acid groups (broad SMARTS) is 1. The number of benzene rings is 3. The number of ether oxygens (including phenoxy) is 1. The smallest absolute Gasteiger partial charge is 0.306 e. The maximum absolute atomic E-state index is 11.0. The molecule has 0 heterocycles. The standard InChI is InChI=1S/C32H38O5/c1-31(2)15-7-12-28(31)27-16-21(13-14-26(27)22-8-5-10-24(17-22)32(3,4)36)20-37-25-11-6-9-23(18-25)29(33)19-30(34)35/h5-6,8-11,13-14,16-18,28-29,33,36H,7,12,15,19-20H2,1-4H3,(H,34,35)/t28-,29-/m1/s1. The average Bonchev–Trinajstić information content (AvgIpc) is 3.20. The number of aliphatic carboxylic acids is 1. The first-order valence-electron chi connectivity index (χ1n) is 13.0. The fraction of sp³-hybridized carbons (Fsp3) is 0.406. The van der Waals surface area contributed by atoms with Gasteiger partial charge in [-0.2, -0.15) is 0 Å². The van der Waals surface area contributed by atoms with E-state index in [4.69, 9.17) is 9.84 Å². The summed E-state index contributed by atoms with van der Waals surface area (Å²) in [5.41, 5.74) is 5.34. The van der Waals surface area contributed by atoms with Crippen LogP contribution in [-0.2, 0) is 17.0 Å². The molecule has 5 nitrogen and oxygen atoms in total. The zero-order chi connectivity index (χ0) is 26.8. The van der Waals surface area contributed by atoms with Crippen LogP contribution in [0, 0.1) is 5.41 Å². The van der Waals surface area contributed by atoms with Gasteiger partial charge >= 0.3 is 5.97 Å². The Hall–Kier alpha value is -3.15. The van der Waals surface area contributed by atoms with E-state index in [1.807, 2.05) is 32.0 Å². The lowest BCUT2D eigenvalue weighted by molar-refractivity contribution is -0.139. The third kappa shape index (κ3) is 6.41. The predicted molar refractivity (Wildman–Crippen MR) is 145 cm³/mol. The minimum absolute atomic E-state index is 0.191. The maximum atomic E-state index is 11.0. The molecule has 5 heteroatoms. The lowest BCUT2D eigenvalue weighted by Gasteiger charge is -2.30. The minimum Gasteiger partial charge on any atom is -0.489 e. The first-order valence-corrected chi connectivity index (χ1v) is 13.0. The summed E-state index contributed by atoms with van der Waals surface area (Å²) in [5, 5.41) is 29.7. The highest BCUT2D eigenvalue weighted by molar-refractivity contribution is 5.70. The van der Waals surface area contributed by atoms with Crippen LogP contribution in [0.25, 0.3) is 11.1 Å². The molecule has 3 N–H and O–H groups in total. The molecular weight excluding hydrogens is 464 g/mol. The third-order valence-corrected chi connectivity index (χ3v) is 7.64. The van der Waals surface area contributed by atoms with E-state index in [9.17, 15) is 15.0 Å². The zero-order valence-electron chi connectivity index (χ0n) is 22.2. The normalized spacial score (nSPS) is 17.9. The van der Waals surface area contributed by atoms with Gasteiger partial charge in [0.2, 0.25) is 0 Å². The molecule has 0 aliphatic heterocycles. The van der Waals surface area contributed by atoms with Crippen LogP contribution in [0.5, 0.6) is 5.75 Å². The topological polar surface area (TPSA) is 87.0 Å². The van der Waals surface area contributed by atoms with Crippen LogP contribution in [0.4, 0.5) is 0 Å². The Morgan fingerprint density at radius 3 is 2.51 bits per heavy atom. The average molecular weight is 503 g/mol. The molecule has 0 aromatic heterocycles. The number of carboxylic acids is 1. The number of aliphatic hydroxyl groups is 2. The highest BCUT2D eigenvalue weighted by Gasteiger charge is 2.37. The summed E-state index contributed by atoms with van der Waals surface area (Å²) < 4.78 is 6.08. The van der Waals surface area contributed by atoms with Gasteiger partial charge in [-0.25, -0.2) is 0 Å². The molecule has 4 rings (SSSR count). The maximum Gasteiger partial charge on any atom is 0.306 e. The van der Waals surface area contributed by atoms with E-state index >= 15 is 0 Å². The molecule has 0 amide bonds. The van der Waals surface area contributed by atoms with E-state index < -0.39 is 17.7 Å². The molecule has 0 saturated heterocycles. The first-order chi connectivity index (χ1) is 17.4. The van der Waals surface area contributed by atoms with E-state index in [0.717, 1.165) is 23.1 Å². The van der Waals surface area contributed by atoms with Crippen molar-refractivity contribution < 1.29 is 24.9 Å². The third-order valence-electron chi connectivity index (χ3n) is 7.64. The predicted octanol–water partition coefficient (Wildman–Crippen LogP) is 6.96. The van der Waals surface area contributed by atoms with Crippen molar-refractivity contribution in [2.45, 2.75) is 77.6 Å². The van der Waals surface area contributed by atoms with E-state index in [0.29, 0.717) is 23.8 Å². The summed E-state index contributed by atoms with van der Waals surface area (Å²) in [7, 11) is 0. The minimum atomic E-state index is -1.07. The van der Waals surface area contributed by atoms with Gasteiger partial charge in [-0.1, -0.05) is 68.8 Å². The Morgan fingerprint density at radius 2 is 1.84 bits per heavy atom. The summed E-state index contributed by atoms with van der Waals surface area (Å²) in [5.74, 6) is -0.0382. The van der Waals surface area contributed by atoms with E-state index in [2.05, 4.69) is 44.2 Å². The first kappa shape index (κ1) is 26.9. The van der Waals surface area contributed by atoms with E-state index in [1.54, 1.807) is 18.2 Å². The van der Waals surface area contributed by atoms with Crippen molar-refractivity contribution in [2.75, 3.05) is 0 Å². The van der Waals surface area contributed by atoms with Gasteiger partial charge in [-0.15, -0.1) is 0 Å². The molecule has 0 unspecified atom stereocenters. The summed E-state index contributed by atoms with van der Waals surface area (Å²) in [6, 6.07) is 21.7. The SMILES string of the molecule is CC(C)(O)c1cccc(-c2ccc(COc3cccc([C@H](O)CC(=O)O)c3)cc2[C@H]2CCCC2(C)C)c1. The van der Waals surface area contributed by atoms with E-state index in [1.165, 1.54) is 24.0 Å². The fourth-order valence-electron chi connectivity index (χ4n) is 5.49. The van der Waals surface area contributed by atoms with Crippen molar-refractivity contribution in [2.24, 2.45) is 5.41 Å². The van der Waals surface area contributed by atoms with Crippen molar-refractivity contribution >= 4 is 5.97 Å². The second-order valence-electron chi connectivity index (χ2n) is 11.5. The second-order valence-corrected chi connectivity index (χ2v) is 11.5. The van der Waals surface area contributed by atoms with Gasteiger partial charge in [0.15, 0.2) is 0 Å². The molecule has 0 bridgehead atoms. The molecule has 3 aromatic rings. The van der Waals surface area contributed by atoms with Crippen molar-refractivity contribution in [3.8, 4) is 16.9 Å². The van der Waals surface area contributed by atoms with Crippen molar-refractivity contribution in [3.63, 3.8) is 0 Å². The summed E-state index contributed by atoms with van der Waals surface area (Å²) in [6.07, 6.45) is 2.11. The monoisotopic (exact) mass is 502 g/mol. The Labute approximate surface area is 219 Å². The molecule has 1 aliphatic rings. The molecule has 2 atom stereocenters. The number of aliphatic hydroxyl groups excluding tert-OH is 1. The molecule has 196 valence electrons. The Bertz CT molecular complexity index is 1250. The summed E-state index contributed by atoms with van der Waals surface area (Å²) in [4.78, 5) is 11.0. The summed E-state index contributed by atoms with van der Waals surface area (Å²) >= 11 is 0. The number of rotatable bonds is 9. The van der Waals surface area contributed by atoms with Crippen LogP contribution in [0.3, 0.4) is 0 Å². The molecular formula is C32H38O5. The highest BCUT2D eigenvalue weighted by Crippen LogP contribution is 2.51. The molecule has 1 fully saturated rings. The van der Waals surface area contributed by atoms with Gasteiger partial charge in [0.1, 0.15) is 12.4 Å². The van der Waals surface area contributed by atoms with Crippen LogP contribution >= 0.6 is 0 Å². The Balaban J connectivity index is 1.64. The van der Waals surface area contributed by atoms with Crippen LogP contribution in [0.1, 0.15) is 87.7 Å². The van der Waals surface area contributed by atoms with Gasteiger partial charge in [-0.3, -0.25) is 4.79 Å². The Kier molecular flexibility index (Phi) is 7.77. The lowest BCUT2D eigenvalue weighted by Crippen LogP contribution is -2.17. The zero-order valence-corrected chi connectivity index (χ0v) is 22.2.